The highest BCUT2D eigenvalue weighted by molar-refractivity contribution is 7.10. The second kappa shape index (κ2) is 4.67. The molecule has 1 aromatic rings. The third kappa shape index (κ3) is 2.82. The Kier molecular flexibility index (Phi) is 3.47. The average molecular weight is 223 g/mol. The third-order valence-corrected chi connectivity index (χ3v) is 4.34. The molecular weight excluding hydrogens is 202 g/mol. The topological polar surface area (TPSA) is 12.0 Å². The van der Waals surface area contributed by atoms with E-state index >= 15 is 0 Å². The molecule has 84 valence electrons. The molecule has 0 saturated heterocycles. The normalized spacial score (nSPS) is 18.4. The summed E-state index contributed by atoms with van der Waals surface area (Å²) in [6, 6.07) is 2.94. The van der Waals surface area contributed by atoms with Crippen LogP contribution in [0, 0.1) is 18.8 Å². The Bertz CT molecular complexity index is 310. The molecule has 0 radical (unpaired) electrons. The van der Waals surface area contributed by atoms with E-state index in [-0.39, 0.29) is 0 Å². The van der Waals surface area contributed by atoms with Gasteiger partial charge in [-0.15, -0.1) is 11.3 Å². The molecule has 1 atom stereocenters. The van der Waals surface area contributed by atoms with E-state index in [9.17, 15) is 0 Å². The molecule has 1 N–H and O–H groups in total. The van der Waals surface area contributed by atoms with E-state index in [2.05, 4.69) is 37.5 Å². The van der Waals surface area contributed by atoms with Crippen molar-refractivity contribution in [3.8, 4) is 0 Å². The Balaban J connectivity index is 1.88. The minimum atomic E-state index is 0.728. The number of hydrogen-bond acceptors (Lipinski definition) is 2. The molecule has 2 heteroatoms. The van der Waals surface area contributed by atoms with Gasteiger partial charge in [0.25, 0.3) is 0 Å². The molecule has 2 rings (SSSR count). The standard InChI is InChI=1S/C13H21NS/c1-9(2)13(11-4-5-11)14-8-12-10(3)6-7-15-12/h6-7,9,11,13-14H,4-5,8H2,1-3H3. The van der Waals surface area contributed by atoms with E-state index in [0.29, 0.717) is 0 Å². The lowest BCUT2D eigenvalue weighted by atomic mass is 9.99. The van der Waals surface area contributed by atoms with Crippen LogP contribution in [-0.4, -0.2) is 6.04 Å². The maximum Gasteiger partial charge on any atom is 0.0305 e. The Hall–Kier alpha value is -0.340. The predicted molar refractivity (Wildman–Crippen MR) is 67.2 cm³/mol. The van der Waals surface area contributed by atoms with E-state index in [4.69, 9.17) is 0 Å². The van der Waals surface area contributed by atoms with Crippen molar-refractivity contribution < 1.29 is 0 Å². The van der Waals surface area contributed by atoms with Crippen LogP contribution in [0.3, 0.4) is 0 Å². The highest BCUT2D eigenvalue weighted by Crippen LogP contribution is 2.35. The van der Waals surface area contributed by atoms with Gasteiger partial charge >= 0.3 is 0 Å². The van der Waals surface area contributed by atoms with E-state index < -0.39 is 0 Å². The van der Waals surface area contributed by atoms with Gasteiger partial charge in [0.1, 0.15) is 0 Å². The highest BCUT2D eigenvalue weighted by atomic mass is 32.1. The summed E-state index contributed by atoms with van der Waals surface area (Å²) in [5.74, 6) is 1.71. The van der Waals surface area contributed by atoms with Crippen molar-refractivity contribution in [3.05, 3.63) is 21.9 Å². The average Bonchev–Trinajstić information content (AvgIpc) is 2.92. The van der Waals surface area contributed by atoms with Crippen molar-refractivity contribution in [1.29, 1.82) is 0 Å². The van der Waals surface area contributed by atoms with Crippen LogP contribution in [0.4, 0.5) is 0 Å². The molecule has 0 spiro atoms. The van der Waals surface area contributed by atoms with Gasteiger partial charge in [0.15, 0.2) is 0 Å². The first kappa shape index (κ1) is 11.2. The monoisotopic (exact) mass is 223 g/mol. The first-order valence-corrected chi connectivity index (χ1v) is 6.83. The first-order chi connectivity index (χ1) is 7.18. The van der Waals surface area contributed by atoms with E-state index in [1.54, 1.807) is 0 Å². The molecule has 0 aromatic carbocycles. The molecule has 1 aliphatic rings. The smallest absolute Gasteiger partial charge is 0.0305 e. The van der Waals surface area contributed by atoms with Crippen LogP contribution in [0.25, 0.3) is 0 Å². The zero-order chi connectivity index (χ0) is 10.8. The molecule has 1 aliphatic carbocycles. The van der Waals surface area contributed by atoms with Crippen LogP contribution in [0.5, 0.6) is 0 Å². The van der Waals surface area contributed by atoms with Crippen molar-refractivity contribution >= 4 is 11.3 Å². The minimum Gasteiger partial charge on any atom is -0.309 e. The van der Waals surface area contributed by atoms with Crippen molar-refractivity contribution in [2.24, 2.45) is 11.8 Å². The largest absolute Gasteiger partial charge is 0.309 e. The van der Waals surface area contributed by atoms with Crippen molar-refractivity contribution in [1.82, 2.24) is 5.32 Å². The molecule has 1 saturated carbocycles. The summed E-state index contributed by atoms with van der Waals surface area (Å²) in [6.45, 7) is 7.92. The Morgan fingerprint density at radius 3 is 2.67 bits per heavy atom. The summed E-state index contributed by atoms with van der Waals surface area (Å²) >= 11 is 1.87. The van der Waals surface area contributed by atoms with Gasteiger partial charge in [-0.3, -0.25) is 0 Å². The van der Waals surface area contributed by atoms with Gasteiger partial charge in [-0.25, -0.2) is 0 Å². The molecular formula is C13H21NS. The summed E-state index contributed by atoms with van der Waals surface area (Å²) < 4.78 is 0. The minimum absolute atomic E-state index is 0.728. The Labute approximate surface area is 96.9 Å². The number of aryl methyl sites for hydroxylation is 1. The van der Waals surface area contributed by atoms with E-state index in [1.807, 2.05) is 11.3 Å². The number of nitrogens with one attached hydrogen (secondary N) is 1. The fourth-order valence-electron chi connectivity index (χ4n) is 2.20. The van der Waals surface area contributed by atoms with Crippen molar-refractivity contribution in [2.75, 3.05) is 0 Å². The number of thiophene rings is 1. The molecule has 1 fully saturated rings. The highest BCUT2D eigenvalue weighted by Gasteiger charge is 2.32. The van der Waals surface area contributed by atoms with E-state index in [1.165, 1.54) is 23.3 Å². The van der Waals surface area contributed by atoms with E-state index in [0.717, 1.165) is 24.4 Å². The SMILES string of the molecule is Cc1ccsc1CNC(C(C)C)C1CC1. The Morgan fingerprint density at radius 1 is 1.47 bits per heavy atom. The van der Waals surface area contributed by atoms with Crippen LogP contribution in [0.2, 0.25) is 0 Å². The van der Waals surface area contributed by atoms with Gasteiger partial charge in [-0.1, -0.05) is 13.8 Å². The molecule has 1 heterocycles. The number of rotatable bonds is 5. The maximum absolute atomic E-state index is 3.73. The summed E-state index contributed by atoms with van der Waals surface area (Å²) in [4.78, 5) is 1.50. The fraction of sp³-hybridized carbons (Fsp3) is 0.692. The zero-order valence-electron chi connectivity index (χ0n) is 9.92. The van der Waals surface area contributed by atoms with Gasteiger partial charge in [0, 0.05) is 17.5 Å². The molecule has 0 bridgehead atoms. The summed E-state index contributed by atoms with van der Waals surface area (Å²) in [7, 11) is 0. The lowest BCUT2D eigenvalue weighted by Crippen LogP contribution is -2.35. The summed E-state index contributed by atoms with van der Waals surface area (Å²) in [5.41, 5.74) is 1.44. The van der Waals surface area contributed by atoms with Gasteiger partial charge < -0.3 is 5.32 Å². The number of hydrogen-bond donors (Lipinski definition) is 1. The summed E-state index contributed by atoms with van der Waals surface area (Å²) in [6.07, 6.45) is 2.86. The lowest BCUT2D eigenvalue weighted by molar-refractivity contribution is 0.360. The Morgan fingerprint density at radius 2 is 2.20 bits per heavy atom. The predicted octanol–water partition coefficient (Wildman–Crippen LogP) is 3.58. The van der Waals surface area contributed by atoms with Crippen LogP contribution >= 0.6 is 11.3 Å². The van der Waals surface area contributed by atoms with Crippen LogP contribution < -0.4 is 5.32 Å². The summed E-state index contributed by atoms with van der Waals surface area (Å²) in [5, 5.41) is 5.92. The fourth-order valence-corrected chi connectivity index (χ4v) is 3.05. The third-order valence-electron chi connectivity index (χ3n) is 3.31. The van der Waals surface area contributed by atoms with Gasteiger partial charge in [-0.2, -0.15) is 0 Å². The maximum atomic E-state index is 3.73. The van der Waals surface area contributed by atoms with Crippen molar-refractivity contribution in [2.45, 2.75) is 46.2 Å². The van der Waals surface area contributed by atoms with Crippen LogP contribution in [-0.2, 0) is 6.54 Å². The van der Waals surface area contributed by atoms with Gasteiger partial charge in [0.2, 0.25) is 0 Å². The lowest BCUT2D eigenvalue weighted by Gasteiger charge is -2.22. The van der Waals surface area contributed by atoms with Gasteiger partial charge in [-0.05, 0) is 48.6 Å². The molecule has 1 nitrogen and oxygen atoms in total. The molecule has 0 aliphatic heterocycles. The quantitative estimate of drug-likeness (QED) is 0.804. The van der Waals surface area contributed by atoms with Crippen LogP contribution in [0.15, 0.2) is 11.4 Å². The second-order valence-electron chi connectivity index (χ2n) is 5.01. The van der Waals surface area contributed by atoms with Crippen molar-refractivity contribution in [3.63, 3.8) is 0 Å². The second-order valence-corrected chi connectivity index (χ2v) is 6.02. The van der Waals surface area contributed by atoms with Crippen LogP contribution in [0.1, 0.15) is 37.1 Å². The van der Waals surface area contributed by atoms with Gasteiger partial charge in [0.05, 0.1) is 0 Å². The first-order valence-electron chi connectivity index (χ1n) is 5.95. The molecule has 0 amide bonds. The molecule has 15 heavy (non-hydrogen) atoms. The molecule has 1 aromatic heterocycles. The molecule has 1 unspecified atom stereocenters. The zero-order valence-corrected chi connectivity index (χ0v) is 10.7.